The van der Waals surface area contributed by atoms with E-state index in [0.29, 0.717) is 25.2 Å². The van der Waals surface area contributed by atoms with Crippen molar-refractivity contribution in [2.24, 2.45) is 0 Å². The lowest BCUT2D eigenvalue weighted by atomic mass is 10.2. The van der Waals surface area contributed by atoms with Crippen LogP contribution in [0.15, 0.2) is 23.0 Å². The predicted molar refractivity (Wildman–Crippen MR) is 89.8 cm³/mol. The molecule has 0 spiro atoms. The minimum Gasteiger partial charge on any atom is -0.472 e. The molecular formula is C17H27N3O4. The summed E-state index contributed by atoms with van der Waals surface area (Å²) in [4.78, 5) is 28.2. The van der Waals surface area contributed by atoms with E-state index >= 15 is 0 Å². The molecule has 1 aromatic rings. The summed E-state index contributed by atoms with van der Waals surface area (Å²) >= 11 is 0. The van der Waals surface area contributed by atoms with Gasteiger partial charge in [0.1, 0.15) is 6.26 Å². The van der Waals surface area contributed by atoms with Crippen molar-refractivity contribution >= 4 is 11.8 Å². The zero-order valence-electron chi connectivity index (χ0n) is 14.5. The van der Waals surface area contributed by atoms with Crippen molar-refractivity contribution in [1.82, 2.24) is 15.1 Å². The van der Waals surface area contributed by atoms with E-state index in [1.54, 1.807) is 11.0 Å². The van der Waals surface area contributed by atoms with Crippen LogP contribution in [0.1, 0.15) is 29.6 Å². The highest BCUT2D eigenvalue weighted by molar-refractivity contribution is 5.94. The number of furan rings is 1. The number of amides is 2. The summed E-state index contributed by atoms with van der Waals surface area (Å²) in [6, 6.07) is 1.64. The summed E-state index contributed by atoms with van der Waals surface area (Å²) in [5.41, 5.74) is 0.501. The third kappa shape index (κ3) is 5.98. The van der Waals surface area contributed by atoms with Gasteiger partial charge < -0.3 is 24.3 Å². The fourth-order valence-electron chi connectivity index (χ4n) is 2.62. The number of hydrogen-bond acceptors (Lipinski definition) is 5. The Morgan fingerprint density at radius 1 is 1.33 bits per heavy atom. The Hall–Kier alpha value is -1.86. The summed E-state index contributed by atoms with van der Waals surface area (Å²) < 4.78 is 10.6. The normalized spacial score (nSPS) is 17.2. The topological polar surface area (TPSA) is 75.0 Å². The van der Waals surface area contributed by atoms with Crippen LogP contribution >= 0.6 is 0 Å². The van der Waals surface area contributed by atoms with Gasteiger partial charge in [0.05, 0.1) is 17.9 Å². The molecule has 0 aromatic carbocycles. The van der Waals surface area contributed by atoms with Gasteiger partial charge in [-0.2, -0.15) is 0 Å². The number of carbonyl (C=O) groups is 2. The van der Waals surface area contributed by atoms with Crippen LogP contribution in [0.5, 0.6) is 0 Å². The second kappa shape index (κ2) is 9.44. The van der Waals surface area contributed by atoms with Gasteiger partial charge in [-0.05, 0) is 33.0 Å². The zero-order valence-corrected chi connectivity index (χ0v) is 14.5. The maximum absolute atomic E-state index is 12.6. The molecule has 0 radical (unpaired) electrons. The molecule has 1 aromatic heterocycles. The van der Waals surface area contributed by atoms with Crippen molar-refractivity contribution in [2.45, 2.75) is 25.4 Å². The average Bonchev–Trinajstić information content (AvgIpc) is 3.23. The van der Waals surface area contributed by atoms with Gasteiger partial charge in [-0.1, -0.05) is 0 Å². The van der Waals surface area contributed by atoms with E-state index < -0.39 is 0 Å². The molecule has 1 aliphatic rings. The molecule has 2 heterocycles. The molecule has 7 nitrogen and oxygen atoms in total. The molecule has 7 heteroatoms. The largest absolute Gasteiger partial charge is 0.472 e. The highest BCUT2D eigenvalue weighted by atomic mass is 16.5. The van der Waals surface area contributed by atoms with Crippen LogP contribution in [-0.4, -0.2) is 74.6 Å². The maximum Gasteiger partial charge on any atom is 0.257 e. The third-order valence-corrected chi connectivity index (χ3v) is 3.99. The number of rotatable bonds is 9. The van der Waals surface area contributed by atoms with Crippen LogP contribution < -0.4 is 5.32 Å². The van der Waals surface area contributed by atoms with Crippen LogP contribution in [0.25, 0.3) is 0 Å². The minimum absolute atomic E-state index is 0.0471. The molecular weight excluding hydrogens is 310 g/mol. The highest BCUT2D eigenvalue weighted by Gasteiger charge is 2.24. The van der Waals surface area contributed by atoms with E-state index in [4.69, 9.17) is 9.15 Å². The van der Waals surface area contributed by atoms with Crippen LogP contribution in [0.2, 0.25) is 0 Å². The summed E-state index contributed by atoms with van der Waals surface area (Å²) in [6.45, 7) is 3.02. The van der Waals surface area contributed by atoms with Crippen molar-refractivity contribution in [3.63, 3.8) is 0 Å². The molecule has 0 bridgehead atoms. The molecule has 134 valence electrons. The summed E-state index contributed by atoms with van der Waals surface area (Å²) in [5.74, 6) is -0.172. The second-order valence-corrected chi connectivity index (χ2v) is 6.30. The Balaban J connectivity index is 1.85. The van der Waals surface area contributed by atoms with Crippen molar-refractivity contribution in [1.29, 1.82) is 0 Å². The SMILES string of the molecule is CN(C)CCNC(=O)CCN(C[C@@H]1CCCO1)C(=O)c1ccoc1. The lowest BCUT2D eigenvalue weighted by molar-refractivity contribution is -0.121. The molecule has 1 atom stereocenters. The maximum atomic E-state index is 12.6. The van der Waals surface area contributed by atoms with Crippen molar-refractivity contribution in [2.75, 3.05) is 46.9 Å². The smallest absolute Gasteiger partial charge is 0.257 e. The summed E-state index contributed by atoms with van der Waals surface area (Å²) in [5, 5.41) is 2.87. The van der Waals surface area contributed by atoms with E-state index in [9.17, 15) is 9.59 Å². The summed E-state index contributed by atoms with van der Waals surface area (Å²) in [6.07, 6.45) is 5.21. The molecule has 1 fully saturated rings. The average molecular weight is 337 g/mol. The van der Waals surface area contributed by atoms with Gasteiger partial charge in [-0.15, -0.1) is 0 Å². The first-order valence-electron chi connectivity index (χ1n) is 8.41. The lowest BCUT2D eigenvalue weighted by Crippen LogP contribution is -2.40. The van der Waals surface area contributed by atoms with Gasteiger partial charge in [-0.25, -0.2) is 0 Å². The van der Waals surface area contributed by atoms with E-state index in [-0.39, 0.29) is 24.3 Å². The van der Waals surface area contributed by atoms with Crippen LogP contribution in [0.4, 0.5) is 0 Å². The second-order valence-electron chi connectivity index (χ2n) is 6.30. The quantitative estimate of drug-likeness (QED) is 0.727. The van der Waals surface area contributed by atoms with Crippen molar-refractivity contribution in [3.05, 3.63) is 24.2 Å². The lowest BCUT2D eigenvalue weighted by Gasteiger charge is -2.25. The van der Waals surface area contributed by atoms with Crippen LogP contribution in [0, 0.1) is 0 Å². The standard InChI is InChI=1S/C17H27N3O4/c1-19(2)9-7-18-16(21)5-8-20(12-15-4-3-10-24-15)17(22)14-6-11-23-13-14/h6,11,13,15H,3-5,7-10,12H2,1-2H3,(H,18,21)/t15-/m0/s1. The van der Waals surface area contributed by atoms with Crippen molar-refractivity contribution in [3.8, 4) is 0 Å². The number of hydrogen-bond donors (Lipinski definition) is 1. The number of nitrogens with zero attached hydrogens (tertiary/aromatic N) is 2. The molecule has 1 aliphatic heterocycles. The predicted octanol–water partition coefficient (Wildman–Crippen LogP) is 0.969. The molecule has 0 aliphatic carbocycles. The number of ether oxygens (including phenoxy) is 1. The van der Waals surface area contributed by atoms with E-state index in [1.807, 2.05) is 19.0 Å². The monoisotopic (exact) mass is 337 g/mol. The first-order valence-corrected chi connectivity index (χ1v) is 8.41. The Kier molecular flexibility index (Phi) is 7.27. The Morgan fingerprint density at radius 2 is 2.17 bits per heavy atom. The number of likely N-dealkylation sites (N-methyl/N-ethyl adjacent to an activating group) is 1. The molecule has 1 saturated heterocycles. The Morgan fingerprint density at radius 3 is 2.79 bits per heavy atom. The van der Waals surface area contributed by atoms with Gasteiger partial charge in [0.15, 0.2) is 0 Å². The molecule has 0 saturated carbocycles. The molecule has 1 N–H and O–H groups in total. The summed E-state index contributed by atoms with van der Waals surface area (Å²) in [7, 11) is 3.91. The minimum atomic E-state index is -0.125. The molecule has 2 rings (SSSR count). The van der Waals surface area contributed by atoms with E-state index in [0.717, 1.165) is 26.0 Å². The van der Waals surface area contributed by atoms with Gasteiger partial charge in [-0.3, -0.25) is 9.59 Å². The number of nitrogens with one attached hydrogen (secondary N) is 1. The fraction of sp³-hybridized carbons (Fsp3) is 0.647. The zero-order chi connectivity index (χ0) is 17.4. The fourth-order valence-corrected chi connectivity index (χ4v) is 2.62. The van der Waals surface area contributed by atoms with Crippen LogP contribution in [-0.2, 0) is 9.53 Å². The first kappa shape index (κ1) is 18.5. The van der Waals surface area contributed by atoms with Crippen molar-refractivity contribution < 1.29 is 18.7 Å². The van der Waals surface area contributed by atoms with Gasteiger partial charge in [0, 0.05) is 39.2 Å². The first-order chi connectivity index (χ1) is 11.6. The van der Waals surface area contributed by atoms with E-state index in [1.165, 1.54) is 12.5 Å². The number of carbonyl (C=O) groups excluding carboxylic acids is 2. The van der Waals surface area contributed by atoms with Gasteiger partial charge >= 0.3 is 0 Å². The molecule has 0 unspecified atom stereocenters. The Bertz CT molecular complexity index is 510. The highest BCUT2D eigenvalue weighted by Crippen LogP contribution is 2.15. The third-order valence-electron chi connectivity index (χ3n) is 3.99. The van der Waals surface area contributed by atoms with Gasteiger partial charge in [0.25, 0.3) is 5.91 Å². The molecule has 24 heavy (non-hydrogen) atoms. The molecule has 2 amide bonds. The Labute approximate surface area is 142 Å². The van der Waals surface area contributed by atoms with Crippen LogP contribution in [0.3, 0.4) is 0 Å². The van der Waals surface area contributed by atoms with E-state index in [2.05, 4.69) is 5.32 Å². The van der Waals surface area contributed by atoms with Gasteiger partial charge in [0.2, 0.25) is 5.91 Å².